The summed E-state index contributed by atoms with van der Waals surface area (Å²) in [7, 11) is 0. The zero-order chi connectivity index (χ0) is 11.2. The van der Waals surface area contributed by atoms with E-state index in [0.717, 1.165) is 25.3 Å². The Hall–Kier alpha value is -0.570. The molecule has 3 aliphatic rings. The van der Waals surface area contributed by atoms with Crippen LogP contribution in [0.25, 0.3) is 0 Å². The number of nitrogens with zero attached hydrogens (tertiary/aromatic N) is 1. The molecule has 0 bridgehead atoms. The quantitative estimate of drug-likeness (QED) is 0.768. The summed E-state index contributed by atoms with van der Waals surface area (Å²) in [6.45, 7) is 3.79. The van der Waals surface area contributed by atoms with Crippen molar-refractivity contribution in [2.24, 2.45) is 11.3 Å². The zero-order valence-corrected chi connectivity index (χ0v) is 10.2. The number of hydrogen-bond acceptors (Lipinski definition) is 2. The van der Waals surface area contributed by atoms with E-state index in [1.807, 2.05) is 0 Å². The van der Waals surface area contributed by atoms with Crippen molar-refractivity contribution in [2.75, 3.05) is 13.1 Å². The minimum atomic E-state index is 0.324. The Morgan fingerprint density at radius 3 is 2.75 bits per heavy atom. The maximum absolute atomic E-state index is 11.9. The first-order valence-electron chi connectivity index (χ1n) is 6.78. The van der Waals surface area contributed by atoms with Gasteiger partial charge in [-0.1, -0.05) is 13.3 Å². The van der Waals surface area contributed by atoms with E-state index in [1.54, 1.807) is 0 Å². The van der Waals surface area contributed by atoms with Crippen LogP contribution in [0.2, 0.25) is 0 Å². The zero-order valence-electron chi connectivity index (χ0n) is 10.2. The van der Waals surface area contributed by atoms with Gasteiger partial charge in [0, 0.05) is 6.54 Å². The molecule has 1 unspecified atom stereocenters. The summed E-state index contributed by atoms with van der Waals surface area (Å²) in [5, 5.41) is 3.34. The van der Waals surface area contributed by atoms with Crippen molar-refractivity contribution in [2.45, 2.75) is 51.6 Å². The first-order valence-corrected chi connectivity index (χ1v) is 6.78. The third-order valence-electron chi connectivity index (χ3n) is 4.57. The van der Waals surface area contributed by atoms with E-state index in [-0.39, 0.29) is 0 Å². The van der Waals surface area contributed by atoms with E-state index in [1.165, 1.54) is 25.7 Å². The molecule has 1 aliphatic heterocycles. The normalized spacial score (nSPS) is 32.2. The Morgan fingerprint density at radius 1 is 1.44 bits per heavy atom. The van der Waals surface area contributed by atoms with Crippen LogP contribution in [0.4, 0.5) is 0 Å². The molecule has 0 aromatic rings. The highest BCUT2D eigenvalue weighted by Crippen LogP contribution is 2.61. The van der Waals surface area contributed by atoms with Crippen molar-refractivity contribution >= 4 is 5.91 Å². The minimum Gasteiger partial charge on any atom is -0.325 e. The Kier molecular flexibility index (Phi) is 2.46. The molecular formula is C13H22N2O. The van der Waals surface area contributed by atoms with Gasteiger partial charge in [-0.25, -0.2) is 0 Å². The molecule has 3 heteroatoms. The fourth-order valence-corrected chi connectivity index (χ4v) is 3.21. The van der Waals surface area contributed by atoms with Crippen molar-refractivity contribution in [1.29, 1.82) is 0 Å². The lowest BCUT2D eigenvalue weighted by molar-refractivity contribution is -0.129. The first kappa shape index (κ1) is 10.6. The Balaban J connectivity index is 1.65. The topological polar surface area (TPSA) is 32.3 Å². The van der Waals surface area contributed by atoms with E-state index in [0.29, 0.717) is 24.0 Å². The van der Waals surface area contributed by atoms with Crippen molar-refractivity contribution in [3.8, 4) is 0 Å². The van der Waals surface area contributed by atoms with Crippen molar-refractivity contribution in [1.82, 2.24) is 10.2 Å². The van der Waals surface area contributed by atoms with Gasteiger partial charge in [0.1, 0.15) is 0 Å². The van der Waals surface area contributed by atoms with Crippen molar-refractivity contribution in [3.63, 3.8) is 0 Å². The maximum atomic E-state index is 11.9. The molecule has 1 amide bonds. The molecule has 0 aromatic heterocycles. The summed E-state index contributed by atoms with van der Waals surface area (Å²) in [4.78, 5) is 14.0. The highest BCUT2D eigenvalue weighted by Gasteiger charge is 2.55. The highest BCUT2D eigenvalue weighted by molar-refractivity contribution is 5.80. The predicted molar refractivity (Wildman–Crippen MR) is 62.8 cm³/mol. The van der Waals surface area contributed by atoms with E-state index in [9.17, 15) is 4.79 Å². The van der Waals surface area contributed by atoms with Crippen LogP contribution in [0.15, 0.2) is 0 Å². The summed E-state index contributed by atoms with van der Waals surface area (Å²) in [6.07, 6.45) is 8.13. The van der Waals surface area contributed by atoms with Gasteiger partial charge in [-0.2, -0.15) is 0 Å². The van der Waals surface area contributed by atoms with Crippen LogP contribution in [0, 0.1) is 11.3 Å². The molecule has 3 nitrogen and oxygen atoms in total. The maximum Gasteiger partial charge on any atom is 0.237 e. The van der Waals surface area contributed by atoms with Gasteiger partial charge in [-0.3, -0.25) is 10.1 Å². The summed E-state index contributed by atoms with van der Waals surface area (Å²) < 4.78 is 0. The van der Waals surface area contributed by atoms with Crippen molar-refractivity contribution < 1.29 is 4.79 Å². The van der Waals surface area contributed by atoms with Crippen LogP contribution in [0.5, 0.6) is 0 Å². The number of hydrogen-bond donors (Lipinski definition) is 1. The van der Waals surface area contributed by atoms with Crippen LogP contribution in [-0.4, -0.2) is 30.1 Å². The molecule has 1 saturated heterocycles. The van der Waals surface area contributed by atoms with Gasteiger partial charge in [0.25, 0.3) is 0 Å². The minimum absolute atomic E-state index is 0.324. The van der Waals surface area contributed by atoms with Gasteiger partial charge in [0.2, 0.25) is 5.91 Å². The lowest BCUT2D eigenvalue weighted by atomic mass is 9.99. The smallest absolute Gasteiger partial charge is 0.237 e. The number of amides is 1. The van der Waals surface area contributed by atoms with E-state index < -0.39 is 0 Å². The SMILES string of the molecule is CCCC1NCC(=O)N1CC1(C2CC2)CC1. The predicted octanol–water partition coefficient (Wildman–Crippen LogP) is 1.73. The van der Waals surface area contributed by atoms with Crippen LogP contribution >= 0.6 is 0 Å². The standard InChI is InChI=1S/C13H22N2O/c1-2-3-11-14-8-12(16)15(11)9-13(6-7-13)10-4-5-10/h10-11,14H,2-9H2,1H3. The lowest BCUT2D eigenvalue weighted by Crippen LogP contribution is -2.41. The Labute approximate surface area is 97.6 Å². The van der Waals surface area contributed by atoms with Gasteiger partial charge in [-0.15, -0.1) is 0 Å². The Morgan fingerprint density at radius 2 is 2.19 bits per heavy atom. The Bertz CT molecular complexity index is 294. The summed E-state index contributed by atoms with van der Waals surface area (Å²) in [5.74, 6) is 1.27. The second-order valence-electron chi connectivity index (χ2n) is 5.84. The molecular weight excluding hydrogens is 200 g/mol. The second kappa shape index (κ2) is 3.73. The molecule has 90 valence electrons. The summed E-state index contributed by atoms with van der Waals surface area (Å²) >= 11 is 0. The molecule has 0 radical (unpaired) electrons. The van der Waals surface area contributed by atoms with Crippen LogP contribution < -0.4 is 5.32 Å². The van der Waals surface area contributed by atoms with Crippen LogP contribution in [0.1, 0.15) is 45.4 Å². The number of carbonyl (C=O) groups excluding carboxylic acids is 1. The summed E-state index contributed by atoms with van der Waals surface area (Å²) in [6, 6.07) is 0. The average Bonchev–Trinajstić information content (AvgIpc) is 3.13. The van der Waals surface area contributed by atoms with E-state index in [4.69, 9.17) is 0 Å². The number of carbonyl (C=O) groups is 1. The largest absolute Gasteiger partial charge is 0.325 e. The molecule has 16 heavy (non-hydrogen) atoms. The molecule has 3 rings (SSSR count). The highest BCUT2D eigenvalue weighted by atomic mass is 16.2. The molecule has 1 atom stereocenters. The molecule has 2 saturated carbocycles. The molecule has 2 aliphatic carbocycles. The number of rotatable bonds is 5. The van der Waals surface area contributed by atoms with Crippen molar-refractivity contribution in [3.05, 3.63) is 0 Å². The second-order valence-corrected chi connectivity index (χ2v) is 5.84. The van der Waals surface area contributed by atoms with Gasteiger partial charge in [0.05, 0.1) is 12.7 Å². The number of nitrogens with one attached hydrogen (secondary N) is 1. The van der Waals surface area contributed by atoms with Crippen LogP contribution in [0.3, 0.4) is 0 Å². The fourth-order valence-electron chi connectivity index (χ4n) is 3.21. The fraction of sp³-hybridized carbons (Fsp3) is 0.923. The third-order valence-corrected chi connectivity index (χ3v) is 4.57. The molecule has 1 heterocycles. The molecule has 3 fully saturated rings. The van der Waals surface area contributed by atoms with E-state index in [2.05, 4.69) is 17.1 Å². The van der Waals surface area contributed by atoms with Gasteiger partial charge < -0.3 is 4.90 Å². The third kappa shape index (κ3) is 1.75. The lowest BCUT2D eigenvalue weighted by Gasteiger charge is -2.28. The first-order chi connectivity index (χ1) is 7.75. The van der Waals surface area contributed by atoms with Gasteiger partial charge in [-0.05, 0) is 43.4 Å². The molecule has 1 N–H and O–H groups in total. The summed E-state index contributed by atoms with van der Waals surface area (Å²) in [5.41, 5.74) is 0.549. The monoisotopic (exact) mass is 222 g/mol. The molecule has 0 aromatic carbocycles. The molecule has 0 spiro atoms. The van der Waals surface area contributed by atoms with Gasteiger partial charge in [0.15, 0.2) is 0 Å². The van der Waals surface area contributed by atoms with Gasteiger partial charge >= 0.3 is 0 Å². The average molecular weight is 222 g/mol. The van der Waals surface area contributed by atoms with Crippen LogP contribution in [-0.2, 0) is 4.79 Å². The van der Waals surface area contributed by atoms with E-state index >= 15 is 0 Å².